The first kappa shape index (κ1) is 18.6. The number of nitrogens with one attached hydrogen (secondary N) is 2. The largest absolute Gasteiger partial charge is 0.376 e. The van der Waals surface area contributed by atoms with Crippen LogP contribution in [0.5, 0.6) is 0 Å². The summed E-state index contributed by atoms with van der Waals surface area (Å²) in [6.07, 6.45) is 0.367. The van der Waals surface area contributed by atoms with Crippen molar-refractivity contribution in [1.82, 2.24) is 4.90 Å². The minimum Gasteiger partial charge on any atom is -0.376 e. The summed E-state index contributed by atoms with van der Waals surface area (Å²) in [4.78, 5) is 27.8. The smallest absolute Gasteiger partial charge is 0.241 e. The lowest BCUT2D eigenvalue weighted by atomic mass is 10.1. The Labute approximate surface area is 167 Å². The van der Waals surface area contributed by atoms with Gasteiger partial charge in [-0.3, -0.25) is 9.59 Å². The normalized spacial score (nSPS) is 16.0. The predicted octanol–water partition coefficient (Wildman–Crippen LogP) is 2.73. The van der Waals surface area contributed by atoms with Crippen molar-refractivity contribution in [2.24, 2.45) is 0 Å². The third-order valence-electron chi connectivity index (χ3n) is 5.07. The van der Waals surface area contributed by atoms with E-state index in [-0.39, 0.29) is 23.4 Å². The minimum absolute atomic E-state index is 0.0108. The highest BCUT2D eigenvalue weighted by Gasteiger charge is 2.22. The van der Waals surface area contributed by atoms with Crippen molar-refractivity contribution in [2.45, 2.75) is 6.42 Å². The molecule has 0 saturated carbocycles. The van der Waals surface area contributed by atoms with E-state index in [2.05, 4.69) is 10.6 Å². The molecule has 0 atom stereocenters. The first-order valence-electron chi connectivity index (χ1n) is 9.14. The molecule has 2 heterocycles. The van der Waals surface area contributed by atoms with E-state index in [9.17, 15) is 14.0 Å². The fourth-order valence-electron chi connectivity index (χ4n) is 3.52. The van der Waals surface area contributed by atoms with Gasteiger partial charge in [0.15, 0.2) is 0 Å². The number of benzene rings is 2. The number of amides is 2. The summed E-state index contributed by atoms with van der Waals surface area (Å²) in [7, 11) is 0. The van der Waals surface area contributed by atoms with Crippen LogP contribution in [0.4, 0.5) is 21.5 Å². The Morgan fingerprint density at radius 2 is 1.93 bits per heavy atom. The van der Waals surface area contributed by atoms with Crippen molar-refractivity contribution in [3.05, 3.63) is 52.8 Å². The Balaban J connectivity index is 1.29. The highest BCUT2D eigenvalue weighted by molar-refractivity contribution is 6.30. The maximum absolute atomic E-state index is 13.7. The number of fused-ring (bicyclic) bond motifs is 1. The van der Waals surface area contributed by atoms with Crippen LogP contribution in [0, 0.1) is 5.82 Å². The van der Waals surface area contributed by atoms with Gasteiger partial charge in [0.05, 0.1) is 18.0 Å². The number of rotatable bonds is 4. The fourth-order valence-corrected chi connectivity index (χ4v) is 3.64. The van der Waals surface area contributed by atoms with Crippen molar-refractivity contribution >= 4 is 40.5 Å². The molecule has 0 bridgehead atoms. The summed E-state index contributed by atoms with van der Waals surface area (Å²) < 4.78 is 13.7. The van der Waals surface area contributed by atoms with Crippen molar-refractivity contribution < 1.29 is 14.0 Å². The third-order valence-corrected chi connectivity index (χ3v) is 5.38. The van der Waals surface area contributed by atoms with Crippen LogP contribution in [0.1, 0.15) is 5.56 Å². The van der Waals surface area contributed by atoms with E-state index in [1.54, 1.807) is 17.0 Å². The fraction of sp³-hybridized carbons (Fsp3) is 0.300. The zero-order valence-electron chi connectivity index (χ0n) is 15.2. The molecule has 8 heteroatoms. The topological polar surface area (TPSA) is 64.7 Å². The monoisotopic (exact) mass is 402 g/mol. The first-order valence-corrected chi connectivity index (χ1v) is 9.52. The Kier molecular flexibility index (Phi) is 5.09. The van der Waals surface area contributed by atoms with Crippen LogP contribution in [0.25, 0.3) is 0 Å². The van der Waals surface area contributed by atoms with Gasteiger partial charge in [0.25, 0.3) is 0 Å². The van der Waals surface area contributed by atoms with Gasteiger partial charge in [0.1, 0.15) is 5.82 Å². The molecule has 2 aromatic carbocycles. The Morgan fingerprint density at radius 1 is 1.14 bits per heavy atom. The standard InChI is InChI=1S/C20H20ClFN4O2/c21-16-3-2-15(11-17(16)22)25-5-7-26(8-6-25)20(28)12-23-14-1-4-18-13(9-14)10-19(27)24-18/h1-4,9,11,23H,5-8,10,12H2,(H,24,27). The van der Waals surface area contributed by atoms with Crippen molar-refractivity contribution in [1.29, 1.82) is 0 Å². The van der Waals surface area contributed by atoms with Crippen LogP contribution in [0.3, 0.4) is 0 Å². The van der Waals surface area contributed by atoms with Crippen molar-refractivity contribution in [3.8, 4) is 0 Å². The zero-order valence-corrected chi connectivity index (χ0v) is 15.9. The lowest BCUT2D eigenvalue weighted by Gasteiger charge is -2.36. The molecule has 4 rings (SSSR count). The van der Waals surface area contributed by atoms with Crippen LogP contribution >= 0.6 is 11.6 Å². The summed E-state index contributed by atoms with van der Waals surface area (Å²) in [6.45, 7) is 2.62. The number of piperazine rings is 1. The van der Waals surface area contributed by atoms with Gasteiger partial charge in [-0.05, 0) is 42.0 Å². The molecular formula is C20H20ClFN4O2. The Morgan fingerprint density at radius 3 is 2.68 bits per heavy atom. The second kappa shape index (κ2) is 7.67. The van der Waals surface area contributed by atoms with Gasteiger partial charge in [-0.15, -0.1) is 0 Å². The first-order chi connectivity index (χ1) is 13.5. The van der Waals surface area contributed by atoms with Gasteiger partial charge >= 0.3 is 0 Å². The molecule has 0 spiro atoms. The molecule has 2 aliphatic rings. The highest BCUT2D eigenvalue weighted by atomic mass is 35.5. The summed E-state index contributed by atoms with van der Waals surface area (Å²) in [6, 6.07) is 10.4. The zero-order chi connectivity index (χ0) is 19.7. The molecule has 2 aromatic rings. The van der Waals surface area contributed by atoms with Gasteiger partial charge < -0.3 is 20.4 Å². The van der Waals surface area contributed by atoms with E-state index >= 15 is 0 Å². The Hall–Kier alpha value is -2.80. The lowest BCUT2D eigenvalue weighted by Crippen LogP contribution is -2.50. The van der Waals surface area contributed by atoms with Crippen molar-refractivity contribution in [3.63, 3.8) is 0 Å². The van der Waals surface area contributed by atoms with Gasteiger partial charge in [-0.2, -0.15) is 0 Å². The second-order valence-corrected chi connectivity index (χ2v) is 7.32. The number of nitrogens with zero attached hydrogens (tertiary/aromatic N) is 2. The number of hydrogen-bond acceptors (Lipinski definition) is 4. The van der Waals surface area contributed by atoms with Crippen LogP contribution in [-0.4, -0.2) is 49.4 Å². The summed E-state index contributed by atoms with van der Waals surface area (Å²) in [5.74, 6) is -0.438. The van der Waals surface area contributed by atoms with Crippen LogP contribution in [-0.2, 0) is 16.0 Å². The molecule has 1 fully saturated rings. The van der Waals surface area contributed by atoms with Crippen LogP contribution in [0.15, 0.2) is 36.4 Å². The highest BCUT2D eigenvalue weighted by Crippen LogP contribution is 2.26. The van der Waals surface area contributed by atoms with Crippen molar-refractivity contribution in [2.75, 3.05) is 48.3 Å². The van der Waals surface area contributed by atoms with E-state index in [4.69, 9.17) is 11.6 Å². The maximum Gasteiger partial charge on any atom is 0.241 e. The lowest BCUT2D eigenvalue weighted by molar-refractivity contribution is -0.129. The molecule has 0 aliphatic carbocycles. The third kappa shape index (κ3) is 3.89. The van der Waals surface area contributed by atoms with Crippen LogP contribution < -0.4 is 15.5 Å². The molecule has 28 heavy (non-hydrogen) atoms. The molecule has 1 saturated heterocycles. The summed E-state index contributed by atoms with van der Waals surface area (Å²) in [5, 5.41) is 6.03. The summed E-state index contributed by atoms with van der Waals surface area (Å²) >= 11 is 5.73. The second-order valence-electron chi connectivity index (χ2n) is 6.92. The van der Waals surface area contributed by atoms with Gasteiger partial charge in [-0.25, -0.2) is 4.39 Å². The van der Waals surface area contributed by atoms with E-state index in [0.717, 1.165) is 22.6 Å². The minimum atomic E-state index is -0.437. The SMILES string of the molecule is O=C1Cc2cc(NCC(=O)N3CCN(c4ccc(Cl)c(F)c4)CC3)ccc2N1. The Bertz CT molecular complexity index is 928. The van der Waals surface area contributed by atoms with E-state index in [1.807, 2.05) is 23.1 Å². The molecule has 146 valence electrons. The van der Waals surface area contributed by atoms with Gasteiger partial charge in [0, 0.05) is 43.2 Å². The molecule has 2 N–H and O–H groups in total. The number of carbonyl (C=O) groups excluding carboxylic acids is 2. The number of carbonyl (C=O) groups is 2. The van der Waals surface area contributed by atoms with Gasteiger partial charge in [-0.1, -0.05) is 11.6 Å². The molecule has 0 aromatic heterocycles. The molecule has 6 nitrogen and oxygen atoms in total. The number of hydrogen-bond donors (Lipinski definition) is 2. The average Bonchev–Trinajstić information content (AvgIpc) is 3.07. The average molecular weight is 403 g/mol. The predicted molar refractivity (Wildman–Crippen MR) is 107 cm³/mol. The summed E-state index contributed by atoms with van der Waals surface area (Å²) in [5.41, 5.74) is 3.36. The molecule has 0 radical (unpaired) electrons. The molecular weight excluding hydrogens is 383 g/mol. The maximum atomic E-state index is 13.7. The quantitative estimate of drug-likeness (QED) is 0.825. The number of halogens is 2. The van der Waals surface area contributed by atoms with E-state index in [1.165, 1.54) is 6.07 Å². The van der Waals surface area contributed by atoms with Gasteiger partial charge in [0.2, 0.25) is 11.8 Å². The number of anilines is 3. The molecule has 2 amide bonds. The molecule has 0 unspecified atom stereocenters. The van der Waals surface area contributed by atoms with Crippen LogP contribution in [0.2, 0.25) is 5.02 Å². The van der Waals surface area contributed by atoms with E-state index in [0.29, 0.717) is 32.6 Å². The van der Waals surface area contributed by atoms with E-state index < -0.39 is 5.82 Å². The molecule has 2 aliphatic heterocycles.